The Morgan fingerprint density at radius 1 is 1.09 bits per heavy atom. The Morgan fingerprint density at radius 3 is 2.09 bits per heavy atom. The summed E-state index contributed by atoms with van der Waals surface area (Å²) in [5.41, 5.74) is 3.07. The van der Waals surface area contributed by atoms with E-state index in [0.29, 0.717) is 0 Å². The molecule has 0 heterocycles. The first-order valence-corrected chi connectivity index (χ1v) is 4.22. The lowest BCUT2D eigenvalue weighted by Gasteiger charge is -2.28. The molecule has 0 saturated heterocycles. The Hall–Kier alpha value is -0.500. The van der Waals surface area contributed by atoms with E-state index >= 15 is 0 Å². The molecule has 0 bridgehead atoms. The van der Waals surface area contributed by atoms with Gasteiger partial charge in [0, 0.05) is 26.8 Å². The van der Waals surface area contributed by atoms with Crippen molar-refractivity contribution in [3.8, 4) is 0 Å². The van der Waals surface area contributed by atoms with Crippen LogP contribution in [0.4, 0.5) is 0 Å². The highest BCUT2D eigenvalue weighted by atomic mass is 15.6. The van der Waals surface area contributed by atoms with Gasteiger partial charge in [-0.3, -0.25) is 0 Å². The molecule has 0 aromatic rings. The van der Waals surface area contributed by atoms with Crippen LogP contribution in [0.25, 0.3) is 0 Å². The van der Waals surface area contributed by atoms with Gasteiger partial charge >= 0.3 is 0 Å². The van der Waals surface area contributed by atoms with Gasteiger partial charge in [0.15, 0.2) is 0 Å². The number of hydrazine groups is 1. The van der Waals surface area contributed by atoms with E-state index in [0.717, 1.165) is 0 Å². The SMILES string of the molecule is CC1=C(N(C)N(C)C)CCC1. The molecule has 0 amide bonds. The van der Waals surface area contributed by atoms with Gasteiger partial charge in [0.25, 0.3) is 0 Å². The molecule has 1 rings (SSSR count). The molecule has 11 heavy (non-hydrogen) atoms. The monoisotopic (exact) mass is 154 g/mol. The molecule has 0 N–H and O–H groups in total. The summed E-state index contributed by atoms with van der Waals surface area (Å²) in [6.07, 6.45) is 3.87. The molecule has 1 aliphatic carbocycles. The Morgan fingerprint density at radius 2 is 1.73 bits per heavy atom. The van der Waals surface area contributed by atoms with Gasteiger partial charge < -0.3 is 5.01 Å². The first-order valence-electron chi connectivity index (χ1n) is 4.22. The lowest BCUT2D eigenvalue weighted by atomic mass is 10.2. The lowest BCUT2D eigenvalue weighted by molar-refractivity contribution is 0.0943. The average molecular weight is 154 g/mol. The van der Waals surface area contributed by atoms with Gasteiger partial charge in [-0.05, 0) is 26.2 Å². The van der Waals surface area contributed by atoms with Crippen molar-refractivity contribution in [2.24, 2.45) is 0 Å². The van der Waals surface area contributed by atoms with E-state index in [1.54, 1.807) is 5.57 Å². The minimum atomic E-state index is 1.25. The largest absolute Gasteiger partial charge is 0.314 e. The highest BCUT2D eigenvalue weighted by Crippen LogP contribution is 2.27. The van der Waals surface area contributed by atoms with Crippen molar-refractivity contribution in [2.75, 3.05) is 21.1 Å². The third-order valence-corrected chi connectivity index (χ3v) is 2.45. The number of allylic oxidation sites excluding steroid dienone is 2. The third kappa shape index (κ3) is 1.74. The van der Waals surface area contributed by atoms with E-state index < -0.39 is 0 Å². The summed E-state index contributed by atoms with van der Waals surface area (Å²) < 4.78 is 0. The third-order valence-electron chi connectivity index (χ3n) is 2.45. The van der Waals surface area contributed by atoms with E-state index in [4.69, 9.17) is 0 Å². The molecular formula is C9H18N2. The Balaban J connectivity index is 2.66. The summed E-state index contributed by atoms with van der Waals surface area (Å²) in [6.45, 7) is 2.24. The van der Waals surface area contributed by atoms with Gasteiger partial charge in [-0.25, -0.2) is 5.01 Å². The molecule has 0 radical (unpaired) electrons. The second-order valence-electron chi connectivity index (χ2n) is 3.45. The van der Waals surface area contributed by atoms with Crippen molar-refractivity contribution < 1.29 is 0 Å². The first-order chi connectivity index (χ1) is 5.13. The van der Waals surface area contributed by atoms with Crippen LogP contribution < -0.4 is 0 Å². The fraction of sp³-hybridized carbons (Fsp3) is 0.778. The fourth-order valence-electron chi connectivity index (χ4n) is 1.56. The predicted octanol–water partition coefficient (Wildman–Crippen LogP) is 1.85. The van der Waals surface area contributed by atoms with Crippen LogP contribution >= 0.6 is 0 Å². The van der Waals surface area contributed by atoms with Gasteiger partial charge in [-0.2, -0.15) is 0 Å². The topological polar surface area (TPSA) is 6.48 Å². The minimum Gasteiger partial charge on any atom is -0.314 e. The molecule has 0 spiro atoms. The Labute approximate surface area is 69.5 Å². The maximum atomic E-state index is 2.24. The molecule has 0 atom stereocenters. The summed E-state index contributed by atoms with van der Waals surface area (Å²) in [7, 11) is 6.29. The number of rotatable bonds is 2. The van der Waals surface area contributed by atoms with Crippen LogP contribution in [0.15, 0.2) is 11.3 Å². The molecule has 64 valence electrons. The number of nitrogens with zero attached hydrogens (tertiary/aromatic N) is 2. The Kier molecular flexibility index (Phi) is 2.55. The first kappa shape index (κ1) is 8.60. The summed E-state index contributed by atoms with van der Waals surface area (Å²) in [5, 5.41) is 4.37. The standard InChI is InChI=1S/C9H18N2/c1-8-6-5-7-9(8)11(4)10(2)3/h5-7H2,1-4H3. The van der Waals surface area contributed by atoms with Crippen LogP contribution in [-0.4, -0.2) is 31.2 Å². The van der Waals surface area contributed by atoms with Crippen LogP contribution in [0.1, 0.15) is 26.2 Å². The quantitative estimate of drug-likeness (QED) is 0.560. The van der Waals surface area contributed by atoms with Gasteiger partial charge in [-0.15, -0.1) is 0 Å². The highest BCUT2D eigenvalue weighted by molar-refractivity contribution is 5.15. The minimum absolute atomic E-state index is 1.25. The molecule has 0 aromatic carbocycles. The number of hydrogen-bond acceptors (Lipinski definition) is 2. The van der Waals surface area contributed by atoms with Crippen molar-refractivity contribution in [1.82, 2.24) is 10.0 Å². The van der Waals surface area contributed by atoms with E-state index in [1.807, 2.05) is 0 Å². The molecule has 0 fully saturated rings. The smallest absolute Gasteiger partial charge is 0.0282 e. The van der Waals surface area contributed by atoms with E-state index in [9.17, 15) is 0 Å². The van der Waals surface area contributed by atoms with Gasteiger partial charge in [0.1, 0.15) is 0 Å². The van der Waals surface area contributed by atoms with Gasteiger partial charge in [0.2, 0.25) is 0 Å². The molecular weight excluding hydrogens is 136 g/mol. The highest BCUT2D eigenvalue weighted by Gasteiger charge is 2.15. The maximum Gasteiger partial charge on any atom is 0.0282 e. The van der Waals surface area contributed by atoms with Crippen LogP contribution in [-0.2, 0) is 0 Å². The van der Waals surface area contributed by atoms with Crippen LogP contribution in [0.3, 0.4) is 0 Å². The molecule has 0 unspecified atom stereocenters. The van der Waals surface area contributed by atoms with Gasteiger partial charge in [-0.1, -0.05) is 5.57 Å². The Bertz CT molecular complexity index is 170. The van der Waals surface area contributed by atoms with Crippen LogP contribution in [0.2, 0.25) is 0 Å². The summed E-state index contributed by atoms with van der Waals surface area (Å²) >= 11 is 0. The second-order valence-corrected chi connectivity index (χ2v) is 3.45. The fourth-order valence-corrected chi connectivity index (χ4v) is 1.56. The lowest BCUT2D eigenvalue weighted by Crippen LogP contribution is -2.32. The summed E-state index contributed by atoms with van der Waals surface area (Å²) in [4.78, 5) is 0. The molecule has 1 aliphatic rings. The van der Waals surface area contributed by atoms with Gasteiger partial charge in [0.05, 0.1) is 0 Å². The number of hydrogen-bond donors (Lipinski definition) is 0. The van der Waals surface area contributed by atoms with Crippen molar-refractivity contribution >= 4 is 0 Å². The van der Waals surface area contributed by atoms with Crippen LogP contribution in [0.5, 0.6) is 0 Å². The molecule has 2 nitrogen and oxygen atoms in total. The molecule has 0 aromatic heterocycles. The normalized spacial score (nSPS) is 18.3. The second kappa shape index (κ2) is 3.26. The van der Waals surface area contributed by atoms with E-state index in [-0.39, 0.29) is 0 Å². The van der Waals surface area contributed by atoms with Crippen molar-refractivity contribution in [2.45, 2.75) is 26.2 Å². The zero-order valence-electron chi connectivity index (χ0n) is 8.02. The van der Waals surface area contributed by atoms with Crippen molar-refractivity contribution in [3.63, 3.8) is 0 Å². The predicted molar refractivity (Wildman–Crippen MR) is 48.0 cm³/mol. The van der Waals surface area contributed by atoms with Crippen LogP contribution in [0, 0.1) is 0 Å². The summed E-state index contributed by atoms with van der Waals surface area (Å²) in [6, 6.07) is 0. The van der Waals surface area contributed by atoms with Crippen molar-refractivity contribution in [1.29, 1.82) is 0 Å². The maximum absolute atomic E-state index is 2.24. The molecule has 0 saturated carbocycles. The zero-order chi connectivity index (χ0) is 8.43. The van der Waals surface area contributed by atoms with E-state index in [2.05, 4.69) is 38.1 Å². The zero-order valence-corrected chi connectivity index (χ0v) is 8.02. The molecule has 0 aliphatic heterocycles. The average Bonchev–Trinajstić information content (AvgIpc) is 2.33. The van der Waals surface area contributed by atoms with E-state index in [1.165, 1.54) is 25.0 Å². The van der Waals surface area contributed by atoms with Crippen molar-refractivity contribution in [3.05, 3.63) is 11.3 Å². The summed E-state index contributed by atoms with van der Waals surface area (Å²) in [5.74, 6) is 0. The molecule has 2 heteroatoms.